The molecule has 1 aliphatic carbocycles. The van der Waals surface area contributed by atoms with Gasteiger partial charge < -0.3 is 14.5 Å². The Morgan fingerprint density at radius 1 is 1.56 bits per heavy atom. The number of aliphatic hydroxyl groups is 1. The first-order valence-corrected chi connectivity index (χ1v) is 5.59. The third kappa shape index (κ3) is 1.55. The van der Waals surface area contributed by atoms with Gasteiger partial charge in [-0.3, -0.25) is 0 Å². The van der Waals surface area contributed by atoms with Gasteiger partial charge in [0.2, 0.25) is 0 Å². The van der Waals surface area contributed by atoms with Crippen LogP contribution in [0.2, 0.25) is 0 Å². The fraction of sp³-hybridized carbons (Fsp3) is 0.417. The molecular formula is C12H14N2O2. The lowest BCUT2D eigenvalue weighted by Gasteiger charge is -2.18. The van der Waals surface area contributed by atoms with Crippen molar-refractivity contribution < 1.29 is 9.52 Å². The number of aryl methyl sites for hydroxylation is 1. The molecule has 4 heteroatoms. The average Bonchev–Trinajstić information content (AvgIpc) is 2.96. The molecule has 2 aromatic rings. The van der Waals surface area contributed by atoms with Crippen molar-refractivity contribution >= 4 is 0 Å². The van der Waals surface area contributed by atoms with Gasteiger partial charge in [0.1, 0.15) is 0 Å². The lowest BCUT2D eigenvalue weighted by Crippen LogP contribution is -2.17. The van der Waals surface area contributed by atoms with E-state index in [2.05, 4.69) is 9.97 Å². The Kier molecular flexibility index (Phi) is 2.29. The molecule has 0 saturated heterocycles. The van der Waals surface area contributed by atoms with Crippen LogP contribution < -0.4 is 0 Å². The Labute approximate surface area is 93.3 Å². The number of hydrogen-bond donors (Lipinski definition) is 2. The molecule has 1 unspecified atom stereocenters. The Morgan fingerprint density at radius 3 is 3.25 bits per heavy atom. The lowest BCUT2D eigenvalue weighted by molar-refractivity contribution is 0.212. The van der Waals surface area contributed by atoms with Gasteiger partial charge in [0, 0.05) is 12.3 Å². The smallest absolute Gasteiger partial charge is 0.173 e. The highest BCUT2D eigenvalue weighted by molar-refractivity contribution is 5.48. The number of aromatic nitrogens is 2. The number of aromatic amines is 1. The highest BCUT2D eigenvalue weighted by Gasteiger charge is 2.22. The van der Waals surface area contributed by atoms with E-state index < -0.39 is 0 Å². The first-order valence-electron chi connectivity index (χ1n) is 5.59. The van der Waals surface area contributed by atoms with E-state index in [1.54, 1.807) is 6.26 Å². The number of hydrogen-bond acceptors (Lipinski definition) is 3. The number of nitrogens with zero attached hydrogens (tertiary/aromatic N) is 1. The van der Waals surface area contributed by atoms with E-state index in [-0.39, 0.29) is 6.61 Å². The molecule has 1 aliphatic rings. The van der Waals surface area contributed by atoms with Crippen LogP contribution in [0.1, 0.15) is 17.8 Å². The summed E-state index contributed by atoms with van der Waals surface area (Å²) in [5.74, 6) is 1.95. The Hall–Kier alpha value is -1.55. The maximum Gasteiger partial charge on any atom is 0.173 e. The van der Waals surface area contributed by atoms with Crippen molar-refractivity contribution in [2.24, 2.45) is 5.92 Å². The van der Waals surface area contributed by atoms with Crippen LogP contribution in [0.25, 0.3) is 11.6 Å². The number of rotatable bonds is 2. The van der Waals surface area contributed by atoms with Crippen molar-refractivity contribution in [1.82, 2.24) is 9.97 Å². The van der Waals surface area contributed by atoms with Crippen LogP contribution in [0.4, 0.5) is 0 Å². The minimum Gasteiger partial charge on any atom is -0.461 e. The lowest BCUT2D eigenvalue weighted by atomic mass is 9.91. The van der Waals surface area contributed by atoms with Crippen LogP contribution >= 0.6 is 0 Å². The molecule has 0 amide bonds. The standard InChI is InChI=1S/C12H14N2O2/c15-7-8-3-4-9-10(6-8)14-12(13-9)11-2-1-5-16-11/h1-2,5,8,15H,3-4,6-7H2,(H,13,14). The van der Waals surface area contributed by atoms with Crippen LogP contribution in [0.15, 0.2) is 22.8 Å². The molecule has 0 spiro atoms. The summed E-state index contributed by atoms with van der Waals surface area (Å²) in [6, 6.07) is 3.75. The van der Waals surface area contributed by atoms with Gasteiger partial charge in [-0.15, -0.1) is 0 Å². The highest BCUT2D eigenvalue weighted by Crippen LogP contribution is 2.26. The predicted octanol–water partition coefficient (Wildman–Crippen LogP) is 1.77. The SMILES string of the molecule is OCC1CCc2nc(-c3ccco3)[nH]c2C1. The van der Waals surface area contributed by atoms with E-state index in [4.69, 9.17) is 9.52 Å². The summed E-state index contributed by atoms with van der Waals surface area (Å²) < 4.78 is 5.31. The fourth-order valence-electron chi connectivity index (χ4n) is 2.24. The normalized spacial score (nSPS) is 19.7. The second-order valence-corrected chi connectivity index (χ2v) is 4.28. The topological polar surface area (TPSA) is 62.1 Å². The van der Waals surface area contributed by atoms with E-state index in [1.165, 1.54) is 0 Å². The van der Waals surface area contributed by atoms with Crippen LogP contribution in [0.5, 0.6) is 0 Å². The minimum atomic E-state index is 0.258. The number of nitrogens with one attached hydrogen (secondary N) is 1. The zero-order valence-corrected chi connectivity index (χ0v) is 8.94. The van der Waals surface area contributed by atoms with E-state index >= 15 is 0 Å². The quantitative estimate of drug-likeness (QED) is 0.807. The molecular weight excluding hydrogens is 204 g/mol. The number of aliphatic hydroxyl groups excluding tert-OH is 1. The summed E-state index contributed by atoms with van der Waals surface area (Å²) in [6.07, 6.45) is 4.50. The van der Waals surface area contributed by atoms with Crippen LogP contribution in [-0.4, -0.2) is 21.7 Å². The second kappa shape index (κ2) is 3.79. The highest BCUT2D eigenvalue weighted by atomic mass is 16.3. The number of fused-ring (bicyclic) bond motifs is 1. The Balaban J connectivity index is 1.92. The molecule has 1 atom stereocenters. The maximum absolute atomic E-state index is 9.15. The molecule has 16 heavy (non-hydrogen) atoms. The second-order valence-electron chi connectivity index (χ2n) is 4.28. The number of furan rings is 1. The molecule has 0 fully saturated rings. The van der Waals surface area contributed by atoms with Gasteiger partial charge in [-0.2, -0.15) is 0 Å². The van der Waals surface area contributed by atoms with E-state index in [9.17, 15) is 0 Å². The van der Waals surface area contributed by atoms with Gasteiger partial charge >= 0.3 is 0 Å². The van der Waals surface area contributed by atoms with E-state index in [0.29, 0.717) is 5.92 Å². The molecule has 0 aromatic carbocycles. The van der Waals surface area contributed by atoms with Gasteiger partial charge in [0.05, 0.1) is 12.0 Å². The Bertz CT molecular complexity index is 473. The summed E-state index contributed by atoms with van der Waals surface area (Å²) in [7, 11) is 0. The molecule has 0 radical (unpaired) electrons. The van der Waals surface area contributed by atoms with E-state index in [0.717, 1.165) is 42.2 Å². The summed E-state index contributed by atoms with van der Waals surface area (Å²) in [4.78, 5) is 7.82. The molecule has 0 bridgehead atoms. The van der Waals surface area contributed by atoms with Crippen molar-refractivity contribution in [3.8, 4) is 11.6 Å². The molecule has 0 saturated carbocycles. The third-order valence-corrected chi connectivity index (χ3v) is 3.16. The first kappa shape index (κ1) is 9.66. The van der Waals surface area contributed by atoms with Crippen molar-refractivity contribution in [3.05, 3.63) is 29.8 Å². The molecule has 2 aromatic heterocycles. The van der Waals surface area contributed by atoms with E-state index in [1.807, 2.05) is 12.1 Å². The average molecular weight is 218 g/mol. The van der Waals surface area contributed by atoms with Crippen molar-refractivity contribution in [3.63, 3.8) is 0 Å². The summed E-state index contributed by atoms with van der Waals surface area (Å²) in [6.45, 7) is 0.258. The number of imidazole rings is 1. The fourth-order valence-corrected chi connectivity index (χ4v) is 2.24. The largest absolute Gasteiger partial charge is 0.461 e. The van der Waals surface area contributed by atoms with Crippen LogP contribution in [-0.2, 0) is 12.8 Å². The van der Waals surface area contributed by atoms with Gasteiger partial charge in [0.25, 0.3) is 0 Å². The first-order chi connectivity index (χ1) is 7.86. The molecule has 2 heterocycles. The molecule has 84 valence electrons. The summed E-state index contributed by atoms with van der Waals surface area (Å²) in [5, 5.41) is 9.15. The van der Waals surface area contributed by atoms with Crippen LogP contribution in [0, 0.1) is 5.92 Å². The van der Waals surface area contributed by atoms with Crippen molar-refractivity contribution in [1.29, 1.82) is 0 Å². The van der Waals surface area contributed by atoms with Crippen molar-refractivity contribution in [2.45, 2.75) is 19.3 Å². The van der Waals surface area contributed by atoms with Crippen molar-refractivity contribution in [2.75, 3.05) is 6.61 Å². The minimum absolute atomic E-state index is 0.258. The third-order valence-electron chi connectivity index (χ3n) is 3.16. The molecule has 0 aliphatic heterocycles. The van der Waals surface area contributed by atoms with Gasteiger partial charge in [-0.05, 0) is 37.3 Å². The monoisotopic (exact) mass is 218 g/mol. The predicted molar refractivity (Wildman–Crippen MR) is 58.9 cm³/mol. The molecule has 2 N–H and O–H groups in total. The number of H-pyrrole nitrogens is 1. The van der Waals surface area contributed by atoms with Gasteiger partial charge in [-0.1, -0.05) is 0 Å². The zero-order chi connectivity index (χ0) is 11.0. The molecule has 4 nitrogen and oxygen atoms in total. The molecule has 3 rings (SSSR count). The Morgan fingerprint density at radius 2 is 2.50 bits per heavy atom. The van der Waals surface area contributed by atoms with Crippen LogP contribution in [0.3, 0.4) is 0 Å². The summed E-state index contributed by atoms with van der Waals surface area (Å²) >= 11 is 0. The summed E-state index contributed by atoms with van der Waals surface area (Å²) in [5.41, 5.74) is 2.27. The maximum atomic E-state index is 9.15. The zero-order valence-electron chi connectivity index (χ0n) is 8.94. The van der Waals surface area contributed by atoms with Gasteiger partial charge in [0.15, 0.2) is 11.6 Å². The van der Waals surface area contributed by atoms with Gasteiger partial charge in [-0.25, -0.2) is 4.98 Å².